The van der Waals surface area contributed by atoms with Gasteiger partial charge in [-0.25, -0.2) is 0 Å². The summed E-state index contributed by atoms with van der Waals surface area (Å²) in [5.41, 5.74) is 2.93. The Balaban J connectivity index is 1.47. The Labute approximate surface area is 197 Å². The van der Waals surface area contributed by atoms with E-state index in [0.29, 0.717) is 22.5 Å². The van der Waals surface area contributed by atoms with Crippen LogP contribution < -0.4 is 5.32 Å². The topological polar surface area (TPSA) is 57.8 Å². The molecule has 0 saturated carbocycles. The zero-order chi connectivity index (χ0) is 23.6. The van der Waals surface area contributed by atoms with E-state index < -0.39 is 11.7 Å². The molecule has 1 atom stereocenters. The predicted octanol–water partition coefficient (Wildman–Crippen LogP) is 7.02. The molecule has 1 amide bonds. The fraction of sp³-hybridized carbons (Fsp3) is 0.120. The minimum Gasteiger partial charge on any atom is -0.346 e. The van der Waals surface area contributed by atoms with E-state index in [1.807, 2.05) is 31.2 Å². The van der Waals surface area contributed by atoms with Crippen molar-refractivity contribution in [1.29, 1.82) is 0 Å². The highest BCUT2D eigenvalue weighted by Gasteiger charge is 2.30. The number of aromatic amines is 1. The molecule has 0 aliphatic carbocycles. The fourth-order valence-electron chi connectivity index (χ4n) is 3.39. The number of hydrogen-bond donors (Lipinski definition) is 2. The minimum atomic E-state index is -4.42. The van der Waals surface area contributed by atoms with Crippen LogP contribution in [0.3, 0.4) is 0 Å². The summed E-state index contributed by atoms with van der Waals surface area (Å²) in [6.45, 7) is 1.91. The molecule has 2 N–H and O–H groups in total. The first-order valence-electron chi connectivity index (χ1n) is 10.1. The summed E-state index contributed by atoms with van der Waals surface area (Å²) >= 11 is 3.39. The van der Waals surface area contributed by atoms with Gasteiger partial charge in [0.1, 0.15) is 0 Å². The number of H-pyrrole nitrogens is 1. The van der Waals surface area contributed by atoms with Crippen molar-refractivity contribution in [2.24, 2.45) is 0 Å². The molecule has 4 rings (SSSR count). The second-order valence-electron chi connectivity index (χ2n) is 7.57. The molecule has 168 valence electrons. The Kier molecular flexibility index (Phi) is 6.37. The van der Waals surface area contributed by atoms with Gasteiger partial charge in [-0.05, 0) is 60.5 Å². The zero-order valence-corrected chi connectivity index (χ0v) is 19.0. The van der Waals surface area contributed by atoms with Gasteiger partial charge in [-0.1, -0.05) is 52.3 Å². The third-order valence-electron chi connectivity index (χ3n) is 5.24. The lowest BCUT2D eigenvalue weighted by Crippen LogP contribution is -2.26. The first kappa shape index (κ1) is 22.8. The largest absolute Gasteiger partial charge is 0.416 e. The van der Waals surface area contributed by atoms with E-state index >= 15 is 0 Å². The van der Waals surface area contributed by atoms with Crippen molar-refractivity contribution in [2.75, 3.05) is 0 Å². The summed E-state index contributed by atoms with van der Waals surface area (Å²) in [5, 5.41) is 9.97. The predicted molar refractivity (Wildman–Crippen MR) is 124 cm³/mol. The molecule has 33 heavy (non-hydrogen) atoms. The van der Waals surface area contributed by atoms with E-state index in [-0.39, 0.29) is 11.9 Å². The van der Waals surface area contributed by atoms with E-state index in [9.17, 15) is 18.0 Å². The molecule has 0 saturated heterocycles. The van der Waals surface area contributed by atoms with E-state index in [4.69, 9.17) is 0 Å². The Morgan fingerprint density at radius 1 is 0.970 bits per heavy atom. The van der Waals surface area contributed by atoms with Gasteiger partial charge in [0.2, 0.25) is 0 Å². The van der Waals surface area contributed by atoms with Crippen LogP contribution in [0.1, 0.15) is 34.5 Å². The fourth-order valence-corrected chi connectivity index (χ4v) is 3.65. The highest BCUT2D eigenvalue weighted by atomic mass is 79.9. The maximum absolute atomic E-state index is 13.0. The average molecular weight is 514 g/mol. The van der Waals surface area contributed by atoms with Crippen molar-refractivity contribution < 1.29 is 18.0 Å². The van der Waals surface area contributed by atoms with Gasteiger partial charge in [0, 0.05) is 15.6 Å². The normalized spacial score (nSPS) is 12.4. The highest BCUT2D eigenvalue weighted by Crippen LogP contribution is 2.32. The number of hydrogen-bond acceptors (Lipinski definition) is 2. The maximum Gasteiger partial charge on any atom is 0.416 e. The number of nitrogens with zero attached hydrogens (tertiary/aromatic N) is 1. The summed E-state index contributed by atoms with van der Waals surface area (Å²) in [6, 6.07) is 21.2. The smallest absolute Gasteiger partial charge is 0.346 e. The van der Waals surface area contributed by atoms with Gasteiger partial charge in [0.25, 0.3) is 5.91 Å². The molecular weight excluding hydrogens is 495 g/mol. The first-order valence-corrected chi connectivity index (χ1v) is 10.9. The average Bonchev–Trinajstić information content (AvgIpc) is 3.29. The van der Waals surface area contributed by atoms with Crippen LogP contribution in [0.25, 0.3) is 22.5 Å². The number of rotatable bonds is 5. The number of carbonyl (C=O) groups excluding carboxylic acids is 1. The SMILES string of the molecule is C[C@H](NC(=O)c1ccc(-c2cc(-c3cccc(C(F)(F)F)c3)n[nH]2)cc1)c1ccc(Br)cc1. The van der Waals surface area contributed by atoms with Crippen LogP contribution in [0, 0.1) is 0 Å². The Bertz CT molecular complexity index is 1270. The van der Waals surface area contributed by atoms with Crippen LogP contribution in [0.4, 0.5) is 13.2 Å². The monoisotopic (exact) mass is 513 g/mol. The van der Waals surface area contributed by atoms with Gasteiger partial charge in [-0.2, -0.15) is 18.3 Å². The Morgan fingerprint density at radius 2 is 1.67 bits per heavy atom. The van der Waals surface area contributed by atoms with Crippen molar-refractivity contribution >= 4 is 21.8 Å². The standard InChI is InChI=1S/C25H19BrF3N3O/c1-15(16-9-11-21(26)12-10-16)30-24(33)18-7-5-17(6-8-18)22-14-23(32-31-22)19-3-2-4-20(13-19)25(27,28)29/h2-15H,1H3,(H,30,33)(H,31,32)/t15-/m0/s1. The van der Waals surface area contributed by atoms with E-state index in [1.165, 1.54) is 6.07 Å². The molecule has 4 nitrogen and oxygen atoms in total. The molecule has 0 spiro atoms. The highest BCUT2D eigenvalue weighted by molar-refractivity contribution is 9.10. The Morgan fingerprint density at radius 3 is 2.33 bits per heavy atom. The first-order chi connectivity index (χ1) is 15.7. The third kappa shape index (κ3) is 5.34. The number of benzene rings is 3. The lowest BCUT2D eigenvalue weighted by molar-refractivity contribution is -0.137. The number of nitrogens with one attached hydrogen (secondary N) is 2. The second kappa shape index (κ2) is 9.23. The lowest BCUT2D eigenvalue weighted by Gasteiger charge is -2.14. The summed E-state index contributed by atoms with van der Waals surface area (Å²) in [6.07, 6.45) is -4.42. The molecule has 0 bridgehead atoms. The molecule has 0 unspecified atom stereocenters. The van der Waals surface area contributed by atoms with Gasteiger partial charge in [0.05, 0.1) is 23.0 Å². The minimum absolute atomic E-state index is 0.159. The Hall–Kier alpha value is -3.39. The van der Waals surface area contributed by atoms with Crippen LogP contribution in [-0.4, -0.2) is 16.1 Å². The number of alkyl halides is 3. The summed E-state index contributed by atoms with van der Waals surface area (Å²) < 4.78 is 39.9. The number of carbonyl (C=O) groups is 1. The molecule has 0 fully saturated rings. The quantitative estimate of drug-likeness (QED) is 0.301. The maximum atomic E-state index is 13.0. The van der Waals surface area contributed by atoms with Gasteiger partial charge >= 0.3 is 6.18 Å². The van der Waals surface area contributed by atoms with Gasteiger partial charge in [-0.15, -0.1) is 0 Å². The van der Waals surface area contributed by atoms with E-state index in [2.05, 4.69) is 31.4 Å². The molecular formula is C25H19BrF3N3O. The van der Waals surface area contributed by atoms with Crippen molar-refractivity contribution in [1.82, 2.24) is 15.5 Å². The summed E-state index contributed by atoms with van der Waals surface area (Å²) in [7, 11) is 0. The van der Waals surface area contributed by atoms with Crippen LogP contribution in [0.15, 0.2) is 83.3 Å². The van der Waals surface area contributed by atoms with E-state index in [0.717, 1.165) is 27.7 Å². The van der Waals surface area contributed by atoms with Crippen LogP contribution in [0.5, 0.6) is 0 Å². The number of halogens is 4. The second-order valence-corrected chi connectivity index (χ2v) is 8.49. The van der Waals surface area contributed by atoms with Crippen molar-refractivity contribution in [2.45, 2.75) is 19.1 Å². The van der Waals surface area contributed by atoms with Crippen LogP contribution in [-0.2, 0) is 6.18 Å². The molecule has 4 aromatic rings. The molecule has 3 aromatic carbocycles. The molecule has 1 aromatic heterocycles. The summed E-state index contributed by atoms with van der Waals surface area (Å²) in [4.78, 5) is 12.6. The third-order valence-corrected chi connectivity index (χ3v) is 5.77. The van der Waals surface area contributed by atoms with Gasteiger partial charge in [0.15, 0.2) is 0 Å². The number of amides is 1. The van der Waals surface area contributed by atoms with Gasteiger partial charge in [-0.3, -0.25) is 9.89 Å². The molecule has 0 aliphatic rings. The molecule has 0 radical (unpaired) electrons. The van der Waals surface area contributed by atoms with Crippen LogP contribution >= 0.6 is 15.9 Å². The number of aromatic nitrogens is 2. The summed E-state index contributed by atoms with van der Waals surface area (Å²) in [5.74, 6) is -0.203. The van der Waals surface area contributed by atoms with Crippen molar-refractivity contribution in [3.05, 3.63) is 100 Å². The van der Waals surface area contributed by atoms with Crippen molar-refractivity contribution in [3.8, 4) is 22.5 Å². The van der Waals surface area contributed by atoms with Crippen LogP contribution in [0.2, 0.25) is 0 Å². The van der Waals surface area contributed by atoms with Gasteiger partial charge < -0.3 is 5.32 Å². The van der Waals surface area contributed by atoms with Crippen molar-refractivity contribution in [3.63, 3.8) is 0 Å². The molecule has 8 heteroatoms. The zero-order valence-electron chi connectivity index (χ0n) is 17.5. The molecule has 1 heterocycles. The molecule has 0 aliphatic heterocycles. The lowest BCUT2D eigenvalue weighted by atomic mass is 10.0. The van der Waals surface area contributed by atoms with E-state index in [1.54, 1.807) is 36.4 Å².